The number of hydrogen-bond donors (Lipinski definition) is 2. The summed E-state index contributed by atoms with van der Waals surface area (Å²) in [7, 11) is -1.49. The fraction of sp³-hybridized carbons (Fsp3) is 0. The van der Waals surface area contributed by atoms with Gasteiger partial charge in [-0.05, 0) is 17.6 Å². The molecule has 0 atom stereocenters. The van der Waals surface area contributed by atoms with Crippen LogP contribution >= 0.6 is 0 Å². The van der Waals surface area contributed by atoms with Crippen molar-refractivity contribution in [2.24, 2.45) is 0 Å². The Kier molecular flexibility index (Phi) is 3.93. The smallest absolute Gasteiger partial charge is 0.423 e. The Morgan fingerprint density at radius 1 is 0.750 bits per heavy atom. The molecule has 5 rings (SSSR count). The van der Waals surface area contributed by atoms with Crippen molar-refractivity contribution >= 4 is 29.0 Å². The Bertz CT molecular complexity index is 1280. The van der Waals surface area contributed by atoms with E-state index in [9.17, 15) is 10.0 Å². The molecule has 28 heavy (non-hydrogen) atoms. The van der Waals surface area contributed by atoms with E-state index in [1.165, 1.54) is 0 Å². The van der Waals surface area contributed by atoms with Crippen molar-refractivity contribution in [3.8, 4) is 22.6 Å². The molecular weight excluding hydrogens is 349 g/mol. The first kappa shape index (κ1) is 16.7. The van der Waals surface area contributed by atoms with Crippen molar-refractivity contribution in [1.29, 1.82) is 0 Å². The first-order valence-corrected chi connectivity index (χ1v) is 9.01. The number of benzene rings is 3. The summed E-state index contributed by atoms with van der Waals surface area (Å²) in [6, 6.07) is 27.1. The largest absolute Gasteiger partial charge is 0.488 e. The summed E-state index contributed by atoms with van der Waals surface area (Å²) >= 11 is 0. The Hall–Kier alpha value is -3.48. The monoisotopic (exact) mass is 365 g/mol. The normalized spacial score (nSPS) is 11.2. The lowest BCUT2D eigenvalue weighted by atomic mass is 9.80. The van der Waals surface area contributed by atoms with E-state index >= 15 is 0 Å². The number of nitrogens with zero attached hydrogens (tertiary/aromatic N) is 3. The van der Waals surface area contributed by atoms with Crippen LogP contribution in [0.3, 0.4) is 0 Å². The van der Waals surface area contributed by atoms with E-state index in [0.717, 1.165) is 33.2 Å². The van der Waals surface area contributed by atoms with Crippen LogP contribution in [0.2, 0.25) is 0 Å². The summed E-state index contributed by atoms with van der Waals surface area (Å²) in [6.07, 6.45) is 0. The zero-order valence-corrected chi connectivity index (χ0v) is 14.9. The van der Waals surface area contributed by atoms with Crippen molar-refractivity contribution in [2.45, 2.75) is 0 Å². The van der Waals surface area contributed by atoms with Gasteiger partial charge in [-0.15, -0.1) is 0 Å². The molecule has 0 fully saturated rings. The fourth-order valence-electron chi connectivity index (χ4n) is 3.42. The molecular formula is C22H16BN3O2. The lowest BCUT2D eigenvalue weighted by Crippen LogP contribution is -2.29. The average molecular weight is 365 g/mol. The Morgan fingerprint density at radius 2 is 1.46 bits per heavy atom. The van der Waals surface area contributed by atoms with Crippen LogP contribution in [0.15, 0.2) is 84.9 Å². The number of para-hydroxylation sites is 1. The van der Waals surface area contributed by atoms with Crippen molar-refractivity contribution < 1.29 is 10.0 Å². The van der Waals surface area contributed by atoms with Gasteiger partial charge in [0, 0.05) is 16.5 Å². The van der Waals surface area contributed by atoms with Crippen LogP contribution in [0, 0.1) is 0 Å². The fourth-order valence-corrected chi connectivity index (χ4v) is 3.42. The van der Waals surface area contributed by atoms with Gasteiger partial charge in [-0.1, -0.05) is 72.8 Å². The van der Waals surface area contributed by atoms with Gasteiger partial charge in [-0.25, -0.2) is 9.50 Å². The van der Waals surface area contributed by atoms with Gasteiger partial charge in [0.1, 0.15) is 0 Å². The second-order valence-electron chi connectivity index (χ2n) is 6.64. The molecule has 0 unspecified atom stereocenters. The molecule has 6 heteroatoms. The predicted octanol–water partition coefficient (Wildman–Crippen LogP) is 2.90. The van der Waals surface area contributed by atoms with Crippen LogP contribution in [0.5, 0.6) is 0 Å². The summed E-state index contributed by atoms with van der Waals surface area (Å²) in [6.45, 7) is 0. The van der Waals surface area contributed by atoms with E-state index in [1.807, 2.05) is 71.2 Å². The van der Waals surface area contributed by atoms with Crippen LogP contribution in [0.25, 0.3) is 39.1 Å². The second-order valence-corrected chi connectivity index (χ2v) is 6.64. The highest BCUT2D eigenvalue weighted by Gasteiger charge is 2.15. The molecule has 0 radical (unpaired) electrons. The molecule has 0 aliphatic carbocycles. The molecule has 0 amide bonds. The summed E-state index contributed by atoms with van der Waals surface area (Å²) in [5.41, 5.74) is 5.07. The predicted molar refractivity (Wildman–Crippen MR) is 111 cm³/mol. The van der Waals surface area contributed by atoms with E-state index in [4.69, 9.17) is 10.1 Å². The maximum absolute atomic E-state index is 9.35. The number of aromatic nitrogens is 3. The van der Waals surface area contributed by atoms with Crippen molar-refractivity contribution in [1.82, 2.24) is 14.6 Å². The molecule has 5 aromatic rings. The van der Waals surface area contributed by atoms with Crippen LogP contribution in [0.1, 0.15) is 0 Å². The third kappa shape index (κ3) is 2.76. The van der Waals surface area contributed by atoms with Crippen LogP contribution in [-0.2, 0) is 0 Å². The SMILES string of the molecule is OB(O)c1ccc(-c2nc3ccccc3c3cc(-c4ccccc4)nn23)cc1. The van der Waals surface area contributed by atoms with Crippen molar-refractivity contribution in [3.63, 3.8) is 0 Å². The molecule has 134 valence electrons. The van der Waals surface area contributed by atoms with Gasteiger partial charge in [0.25, 0.3) is 0 Å². The van der Waals surface area contributed by atoms with E-state index in [1.54, 1.807) is 12.1 Å². The molecule has 0 saturated carbocycles. The highest BCUT2D eigenvalue weighted by atomic mass is 16.4. The van der Waals surface area contributed by atoms with Gasteiger partial charge >= 0.3 is 7.12 Å². The summed E-state index contributed by atoms with van der Waals surface area (Å²) in [4.78, 5) is 4.83. The lowest BCUT2D eigenvalue weighted by molar-refractivity contribution is 0.426. The minimum Gasteiger partial charge on any atom is -0.423 e. The van der Waals surface area contributed by atoms with Gasteiger partial charge in [-0.3, -0.25) is 0 Å². The molecule has 2 N–H and O–H groups in total. The molecule has 3 aromatic carbocycles. The maximum atomic E-state index is 9.35. The van der Waals surface area contributed by atoms with Crippen LogP contribution in [0.4, 0.5) is 0 Å². The first-order chi connectivity index (χ1) is 13.7. The van der Waals surface area contributed by atoms with Gasteiger partial charge in [0.05, 0.1) is 16.7 Å². The minimum absolute atomic E-state index is 0.436. The third-order valence-corrected chi connectivity index (χ3v) is 4.85. The minimum atomic E-state index is -1.49. The molecule has 2 heterocycles. The Morgan fingerprint density at radius 3 is 2.21 bits per heavy atom. The maximum Gasteiger partial charge on any atom is 0.488 e. The van der Waals surface area contributed by atoms with Crippen LogP contribution in [-0.4, -0.2) is 31.8 Å². The van der Waals surface area contributed by atoms with Crippen molar-refractivity contribution in [3.05, 3.63) is 84.9 Å². The van der Waals surface area contributed by atoms with Gasteiger partial charge in [0.15, 0.2) is 5.82 Å². The highest BCUT2D eigenvalue weighted by Crippen LogP contribution is 2.28. The van der Waals surface area contributed by atoms with E-state index in [-0.39, 0.29) is 0 Å². The standard InChI is InChI=1S/C22H16BN3O2/c27-23(28)17-12-10-16(11-13-17)22-24-19-9-5-4-8-18(19)21-14-20(25-26(21)22)15-6-2-1-3-7-15/h1-14,27-28H. The zero-order chi connectivity index (χ0) is 19.1. The summed E-state index contributed by atoms with van der Waals surface area (Å²) < 4.78 is 1.86. The summed E-state index contributed by atoms with van der Waals surface area (Å²) in [5.74, 6) is 0.704. The number of hydrogen-bond acceptors (Lipinski definition) is 4. The quantitative estimate of drug-likeness (QED) is 0.483. The topological polar surface area (TPSA) is 70.7 Å². The molecule has 0 aliphatic heterocycles. The Balaban J connectivity index is 1.78. The second kappa shape index (κ2) is 6.60. The molecule has 0 bridgehead atoms. The number of rotatable bonds is 3. The molecule has 0 spiro atoms. The van der Waals surface area contributed by atoms with Crippen molar-refractivity contribution in [2.75, 3.05) is 0 Å². The van der Waals surface area contributed by atoms with E-state index < -0.39 is 7.12 Å². The molecule has 2 aromatic heterocycles. The van der Waals surface area contributed by atoms with E-state index in [2.05, 4.69) is 6.07 Å². The average Bonchev–Trinajstić information content (AvgIpc) is 3.20. The third-order valence-electron chi connectivity index (χ3n) is 4.85. The van der Waals surface area contributed by atoms with E-state index in [0.29, 0.717) is 11.3 Å². The lowest BCUT2D eigenvalue weighted by Gasteiger charge is -2.08. The highest BCUT2D eigenvalue weighted by molar-refractivity contribution is 6.58. The van der Waals surface area contributed by atoms with Gasteiger partial charge in [-0.2, -0.15) is 5.10 Å². The zero-order valence-electron chi connectivity index (χ0n) is 14.9. The summed E-state index contributed by atoms with van der Waals surface area (Å²) in [5, 5.41) is 24.6. The first-order valence-electron chi connectivity index (χ1n) is 9.01. The molecule has 5 nitrogen and oxygen atoms in total. The number of fused-ring (bicyclic) bond motifs is 3. The van der Waals surface area contributed by atoms with Gasteiger partial charge < -0.3 is 10.0 Å². The molecule has 0 aliphatic rings. The van der Waals surface area contributed by atoms with Gasteiger partial charge in [0.2, 0.25) is 0 Å². The molecule has 0 saturated heterocycles. The van der Waals surface area contributed by atoms with Crippen LogP contribution < -0.4 is 5.46 Å². The Labute approximate surface area is 161 Å².